The summed E-state index contributed by atoms with van der Waals surface area (Å²) < 4.78 is 48.0. The smallest absolute Gasteiger partial charge is 0.497 e. The van der Waals surface area contributed by atoms with Crippen LogP contribution in [-0.4, -0.2) is 69.0 Å². The summed E-state index contributed by atoms with van der Waals surface area (Å²) >= 11 is 1.13. The Hall–Kier alpha value is -5.38. The molecular weight excluding hydrogens is 639 g/mol. The van der Waals surface area contributed by atoms with Gasteiger partial charge in [-0.3, -0.25) is 14.5 Å². The van der Waals surface area contributed by atoms with Gasteiger partial charge in [0.05, 0.1) is 24.2 Å². The maximum absolute atomic E-state index is 13.2. The van der Waals surface area contributed by atoms with E-state index in [0.29, 0.717) is 34.1 Å². The van der Waals surface area contributed by atoms with Crippen molar-refractivity contribution in [2.24, 2.45) is 4.99 Å². The van der Waals surface area contributed by atoms with Crippen LogP contribution in [0.25, 0.3) is 17.1 Å². The SMILES string of the molecule is COc1ccc(N2C(=O)CSC2=NC(=O)NC(c2ccc(-c3ncn(-c4ccc(OC(F)(F)F)cc4)n3)cc2)N(C)C(C)=O)c(C)c1. The third-order valence-corrected chi connectivity index (χ3v) is 7.99. The molecule has 12 nitrogen and oxygen atoms in total. The number of alkyl halides is 3. The first-order valence-electron chi connectivity index (χ1n) is 13.9. The van der Waals surface area contributed by atoms with Gasteiger partial charge in [-0.05, 0) is 60.5 Å². The Bertz CT molecular complexity index is 1830. The number of amides is 4. The number of carbonyl (C=O) groups excluding carboxylic acids is 3. The van der Waals surface area contributed by atoms with E-state index < -0.39 is 18.6 Å². The highest BCUT2D eigenvalue weighted by atomic mass is 32.2. The Morgan fingerprint density at radius 2 is 1.74 bits per heavy atom. The molecular formula is C31H28F3N7O5S. The molecule has 0 spiro atoms. The first kappa shape index (κ1) is 33.0. The highest BCUT2D eigenvalue weighted by Crippen LogP contribution is 2.32. The number of thioether (sulfide) groups is 1. The minimum atomic E-state index is -4.80. The number of carbonyl (C=O) groups is 3. The average molecular weight is 668 g/mol. The summed E-state index contributed by atoms with van der Waals surface area (Å²) in [6.45, 7) is 3.18. The number of nitrogens with one attached hydrogen (secondary N) is 1. The fraction of sp³-hybridized carbons (Fsp3) is 0.226. The molecule has 0 bridgehead atoms. The topological polar surface area (TPSA) is 131 Å². The van der Waals surface area contributed by atoms with Crippen molar-refractivity contribution in [2.45, 2.75) is 26.4 Å². The molecule has 1 fully saturated rings. The van der Waals surface area contributed by atoms with Crippen LogP contribution >= 0.6 is 11.8 Å². The Kier molecular flexibility index (Phi) is 9.51. The molecule has 5 rings (SSSR count). The van der Waals surface area contributed by atoms with Gasteiger partial charge in [0.1, 0.15) is 24.0 Å². The molecule has 1 aliphatic rings. The average Bonchev–Trinajstić information content (AvgIpc) is 3.66. The van der Waals surface area contributed by atoms with Crippen LogP contribution in [0.4, 0.5) is 23.7 Å². The van der Waals surface area contributed by atoms with Crippen molar-refractivity contribution in [3.63, 3.8) is 0 Å². The zero-order chi connectivity index (χ0) is 33.9. The Labute approximate surface area is 271 Å². The molecule has 2 heterocycles. The molecule has 4 amide bonds. The molecule has 244 valence electrons. The van der Waals surface area contributed by atoms with Crippen LogP contribution in [0.15, 0.2) is 78.0 Å². The number of rotatable bonds is 8. The first-order chi connectivity index (χ1) is 22.3. The standard InChI is InChI=1S/C31H28F3N7O5S/c1-18-15-24(45-4)13-14-25(18)41-26(43)16-47-30(41)37-29(44)36-28(39(3)19(2)42)21-7-5-20(6-8-21)27-35-17-40(38-27)22-9-11-23(12-10-22)46-31(32,33)34/h5-15,17,28H,16H2,1-4H3,(H,36,44). The Balaban J connectivity index is 1.33. The summed E-state index contributed by atoms with van der Waals surface area (Å²) in [7, 11) is 3.07. The quantitative estimate of drug-likeness (QED) is 0.245. The van der Waals surface area contributed by atoms with Crippen LogP contribution < -0.4 is 19.7 Å². The van der Waals surface area contributed by atoms with Crippen LogP contribution in [0.1, 0.15) is 24.2 Å². The number of ether oxygens (including phenoxy) is 2. The van der Waals surface area contributed by atoms with E-state index in [2.05, 4.69) is 25.1 Å². The second-order valence-electron chi connectivity index (χ2n) is 10.2. The maximum Gasteiger partial charge on any atom is 0.573 e. The number of urea groups is 1. The van der Waals surface area contributed by atoms with E-state index in [1.807, 2.05) is 6.92 Å². The lowest BCUT2D eigenvalue weighted by Gasteiger charge is -2.28. The van der Waals surface area contributed by atoms with Crippen LogP contribution in [0.5, 0.6) is 11.5 Å². The number of hydrogen-bond donors (Lipinski definition) is 1. The zero-order valence-corrected chi connectivity index (χ0v) is 26.3. The predicted octanol–water partition coefficient (Wildman–Crippen LogP) is 5.47. The van der Waals surface area contributed by atoms with Gasteiger partial charge in [-0.25, -0.2) is 14.5 Å². The van der Waals surface area contributed by atoms with E-state index in [4.69, 9.17) is 4.74 Å². The molecule has 1 aromatic heterocycles. The molecule has 1 saturated heterocycles. The van der Waals surface area contributed by atoms with Gasteiger partial charge in [0.15, 0.2) is 11.0 Å². The van der Waals surface area contributed by atoms with Crippen LogP contribution in [0.3, 0.4) is 0 Å². The third-order valence-electron chi connectivity index (χ3n) is 7.06. The summed E-state index contributed by atoms with van der Waals surface area (Å²) in [4.78, 5) is 49.5. The predicted molar refractivity (Wildman–Crippen MR) is 168 cm³/mol. The van der Waals surface area contributed by atoms with Gasteiger partial charge in [-0.15, -0.1) is 18.3 Å². The van der Waals surface area contributed by atoms with E-state index in [9.17, 15) is 27.6 Å². The highest BCUT2D eigenvalue weighted by molar-refractivity contribution is 8.15. The molecule has 1 N–H and O–H groups in total. The lowest BCUT2D eigenvalue weighted by atomic mass is 10.1. The molecule has 1 atom stereocenters. The molecule has 1 aliphatic heterocycles. The number of nitrogens with zero attached hydrogens (tertiary/aromatic N) is 6. The van der Waals surface area contributed by atoms with Gasteiger partial charge in [0, 0.05) is 19.5 Å². The molecule has 47 heavy (non-hydrogen) atoms. The Morgan fingerprint density at radius 1 is 1.06 bits per heavy atom. The highest BCUT2D eigenvalue weighted by Gasteiger charge is 2.33. The summed E-state index contributed by atoms with van der Waals surface area (Å²) in [5.41, 5.74) is 2.95. The van der Waals surface area contributed by atoms with Gasteiger partial charge in [-0.2, -0.15) is 4.99 Å². The molecule has 4 aromatic rings. The number of halogens is 3. The van der Waals surface area contributed by atoms with Crippen molar-refractivity contribution >= 4 is 40.5 Å². The number of aliphatic imine (C=N–C) groups is 1. The van der Waals surface area contributed by atoms with E-state index >= 15 is 0 Å². The summed E-state index contributed by atoms with van der Waals surface area (Å²) in [6.07, 6.45) is -4.28. The third kappa shape index (κ3) is 7.71. The van der Waals surface area contributed by atoms with Gasteiger partial charge in [-0.1, -0.05) is 36.0 Å². The number of anilines is 1. The molecule has 1 unspecified atom stereocenters. The van der Waals surface area contributed by atoms with Crippen molar-refractivity contribution in [3.8, 4) is 28.6 Å². The van der Waals surface area contributed by atoms with Crippen LogP contribution in [-0.2, 0) is 9.59 Å². The monoisotopic (exact) mass is 667 g/mol. The van der Waals surface area contributed by atoms with Crippen molar-refractivity contribution < 1.29 is 37.0 Å². The fourth-order valence-electron chi connectivity index (χ4n) is 4.64. The van der Waals surface area contributed by atoms with E-state index in [-0.39, 0.29) is 28.5 Å². The summed E-state index contributed by atoms with van der Waals surface area (Å²) in [6, 6.07) is 16.4. The number of aromatic nitrogens is 3. The first-order valence-corrected chi connectivity index (χ1v) is 14.9. The van der Waals surface area contributed by atoms with Gasteiger partial charge >= 0.3 is 12.4 Å². The lowest BCUT2D eigenvalue weighted by Crippen LogP contribution is -2.41. The van der Waals surface area contributed by atoms with Gasteiger partial charge in [0.2, 0.25) is 11.8 Å². The largest absolute Gasteiger partial charge is 0.573 e. The molecule has 0 aliphatic carbocycles. The van der Waals surface area contributed by atoms with Crippen LogP contribution in [0.2, 0.25) is 0 Å². The summed E-state index contributed by atoms with van der Waals surface area (Å²) in [5, 5.41) is 7.36. The number of hydrogen-bond acceptors (Lipinski definition) is 8. The van der Waals surface area contributed by atoms with Gasteiger partial charge in [0.25, 0.3) is 0 Å². The molecule has 0 radical (unpaired) electrons. The van der Waals surface area contributed by atoms with Crippen LogP contribution in [0, 0.1) is 6.92 Å². The van der Waals surface area contributed by atoms with E-state index in [1.54, 1.807) is 49.6 Å². The second kappa shape index (κ2) is 13.5. The number of aryl methyl sites for hydroxylation is 1. The second-order valence-corrected chi connectivity index (χ2v) is 11.2. The Morgan fingerprint density at radius 3 is 2.36 bits per heavy atom. The minimum Gasteiger partial charge on any atom is -0.497 e. The summed E-state index contributed by atoms with van der Waals surface area (Å²) in [5.74, 6) is 0.153. The van der Waals surface area contributed by atoms with Crippen molar-refractivity contribution in [1.29, 1.82) is 0 Å². The number of amidine groups is 1. The normalized spacial score (nSPS) is 14.7. The maximum atomic E-state index is 13.2. The van der Waals surface area contributed by atoms with E-state index in [1.165, 1.54) is 59.0 Å². The number of methoxy groups -OCH3 is 1. The van der Waals surface area contributed by atoms with Crippen molar-refractivity contribution in [2.75, 3.05) is 24.8 Å². The van der Waals surface area contributed by atoms with E-state index in [0.717, 1.165) is 17.3 Å². The van der Waals surface area contributed by atoms with Gasteiger partial charge < -0.3 is 19.7 Å². The number of benzene rings is 3. The molecule has 3 aromatic carbocycles. The molecule has 16 heteroatoms. The fourth-order valence-corrected chi connectivity index (χ4v) is 5.50. The van der Waals surface area contributed by atoms with Crippen molar-refractivity contribution in [3.05, 3.63) is 84.2 Å². The molecule has 0 saturated carbocycles. The van der Waals surface area contributed by atoms with Crippen molar-refractivity contribution in [1.82, 2.24) is 25.0 Å². The minimum absolute atomic E-state index is 0.109. The zero-order valence-electron chi connectivity index (χ0n) is 25.5. The lowest BCUT2D eigenvalue weighted by molar-refractivity contribution is -0.274.